The highest BCUT2D eigenvalue weighted by atomic mass is 16.6. The van der Waals surface area contributed by atoms with Crippen LogP contribution in [0.2, 0.25) is 0 Å². The lowest BCUT2D eigenvalue weighted by molar-refractivity contribution is -0.217. The fourth-order valence-electron chi connectivity index (χ4n) is 4.69. The molecule has 2 fully saturated rings. The average molecular weight is 261 g/mol. The van der Waals surface area contributed by atoms with Crippen molar-refractivity contribution in [2.45, 2.75) is 58.3 Å². The molecule has 104 valence electrons. The Morgan fingerprint density at radius 1 is 1.42 bits per heavy atom. The summed E-state index contributed by atoms with van der Waals surface area (Å²) in [6.45, 7) is 8.35. The summed E-state index contributed by atoms with van der Waals surface area (Å²) < 4.78 is 6.14. The maximum absolute atomic E-state index is 11.1. The molecule has 1 aliphatic carbocycles. The Morgan fingerprint density at radius 3 is 2.74 bits per heavy atom. The first-order valence-electron chi connectivity index (χ1n) is 7.24. The number of fused-ring (bicyclic) bond motifs is 5. The van der Waals surface area contributed by atoms with Gasteiger partial charge >= 0.3 is 0 Å². The Bertz CT molecular complexity index is 489. The molecule has 3 aliphatic rings. The van der Waals surface area contributed by atoms with Crippen LogP contribution in [0.25, 0.3) is 0 Å². The summed E-state index contributed by atoms with van der Waals surface area (Å²) in [7, 11) is 0. The lowest BCUT2D eigenvalue weighted by Crippen LogP contribution is -2.42. The second-order valence-corrected chi connectivity index (χ2v) is 7.47. The number of hydrogen-bond acceptors (Lipinski definition) is 3. The zero-order chi connectivity index (χ0) is 14.1. The second kappa shape index (κ2) is 3.62. The van der Waals surface area contributed by atoms with E-state index in [2.05, 4.69) is 32.9 Å². The van der Waals surface area contributed by atoms with E-state index in [4.69, 9.17) is 4.74 Å². The van der Waals surface area contributed by atoms with Gasteiger partial charge in [-0.3, -0.25) is 0 Å². The van der Waals surface area contributed by atoms with E-state index >= 15 is 0 Å². The number of rotatable bonds is 0. The molecule has 2 heterocycles. The van der Waals surface area contributed by atoms with Gasteiger partial charge in [-0.05, 0) is 50.0 Å². The average Bonchev–Trinajstić information content (AvgIpc) is 2.65. The molecule has 19 heavy (non-hydrogen) atoms. The maximum atomic E-state index is 11.1. The lowest BCUT2D eigenvalue weighted by atomic mass is 9.73. The minimum Gasteiger partial charge on any atom is -0.362 e. The minimum atomic E-state index is -1.23. The van der Waals surface area contributed by atoms with Crippen LogP contribution in [0.4, 0.5) is 0 Å². The van der Waals surface area contributed by atoms with Crippen molar-refractivity contribution >= 4 is 0 Å². The summed E-state index contributed by atoms with van der Waals surface area (Å²) >= 11 is 0. The van der Waals surface area contributed by atoms with Crippen LogP contribution in [0.3, 0.4) is 0 Å². The van der Waals surface area contributed by atoms with Crippen molar-refractivity contribution in [2.75, 3.05) is 0 Å². The number of nitriles is 1. The van der Waals surface area contributed by atoms with Crippen molar-refractivity contribution in [1.29, 1.82) is 5.26 Å². The fraction of sp³-hybridized carbons (Fsp3) is 0.812. The molecule has 2 bridgehead atoms. The van der Waals surface area contributed by atoms with Gasteiger partial charge in [0.25, 0.3) is 0 Å². The summed E-state index contributed by atoms with van der Waals surface area (Å²) in [6.07, 6.45) is 4.93. The zero-order valence-electron chi connectivity index (χ0n) is 12.2. The van der Waals surface area contributed by atoms with Crippen molar-refractivity contribution < 1.29 is 9.84 Å². The van der Waals surface area contributed by atoms with E-state index in [1.54, 1.807) is 0 Å². The number of hydrogen-bond donors (Lipinski definition) is 1. The van der Waals surface area contributed by atoms with Crippen molar-refractivity contribution in [3.63, 3.8) is 0 Å². The van der Waals surface area contributed by atoms with Crippen LogP contribution in [0.1, 0.15) is 47.0 Å². The molecule has 1 saturated heterocycles. The number of ether oxygens (including phenoxy) is 1. The lowest BCUT2D eigenvalue weighted by Gasteiger charge is -2.35. The third kappa shape index (κ3) is 1.50. The van der Waals surface area contributed by atoms with Gasteiger partial charge in [-0.15, -0.1) is 0 Å². The minimum absolute atomic E-state index is 0.0479. The highest BCUT2D eigenvalue weighted by Gasteiger charge is 2.69. The highest BCUT2D eigenvalue weighted by Crippen LogP contribution is 2.65. The van der Waals surface area contributed by atoms with Gasteiger partial charge < -0.3 is 9.84 Å². The molecule has 1 N–H and O–H groups in total. The van der Waals surface area contributed by atoms with E-state index in [1.165, 1.54) is 0 Å². The molecule has 3 rings (SSSR count). The third-order valence-electron chi connectivity index (χ3n) is 5.80. The fourth-order valence-corrected chi connectivity index (χ4v) is 4.69. The normalized spacial score (nSPS) is 51.2. The molecule has 0 spiro atoms. The number of nitrogens with zero attached hydrogens (tertiary/aromatic N) is 1. The summed E-state index contributed by atoms with van der Waals surface area (Å²) in [5.41, 5.74) is 0.547. The van der Waals surface area contributed by atoms with Gasteiger partial charge in [-0.25, -0.2) is 0 Å². The Labute approximate surface area is 115 Å². The van der Waals surface area contributed by atoms with E-state index in [-0.39, 0.29) is 28.8 Å². The molecular weight excluding hydrogens is 238 g/mol. The first-order valence-corrected chi connectivity index (χ1v) is 7.24. The second-order valence-electron chi connectivity index (χ2n) is 7.47. The molecule has 0 aromatic carbocycles. The van der Waals surface area contributed by atoms with Gasteiger partial charge in [0.15, 0.2) is 5.79 Å². The van der Waals surface area contributed by atoms with Crippen molar-refractivity contribution in [2.24, 2.45) is 23.2 Å². The molecule has 0 aromatic rings. The van der Waals surface area contributed by atoms with Gasteiger partial charge in [0, 0.05) is 5.92 Å². The zero-order valence-corrected chi connectivity index (χ0v) is 12.2. The van der Waals surface area contributed by atoms with E-state index in [9.17, 15) is 10.4 Å². The first-order chi connectivity index (χ1) is 8.74. The van der Waals surface area contributed by atoms with Gasteiger partial charge in [0.2, 0.25) is 0 Å². The SMILES string of the molecule is CC1=CCC[C@@]2(C)O[C@]1(O)[C@H]1C(C#N)C(C)(C)C[C@H]12. The molecule has 3 nitrogen and oxygen atoms in total. The van der Waals surface area contributed by atoms with Gasteiger partial charge in [-0.1, -0.05) is 19.9 Å². The van der Waals surface area contributed by atoms with E-state index in [1.807, 2.05) is 6.92 Å². The smallest absolute Gasteiger partial charge is 0.193 e. The van der Waals surface area contributed by atoms with Crippen molar-refractivity contribution in [3.05, 3.63) is 11.6 Å². The summed E-state index contributed by atoms with van der Waals surface area (Å²) in [5, 5.41) is 20.7. The number of allylic oxidation sites excluding steroid dienone is 1. The Kier molecular flexibility index (Phi) is 2.51. The van der Waals surface area contributed by atoms with Crippen LogP contribution in [-0.2, 0) is 4.74 Å². The van der Waals surface area contributed by atoms with Crippen LogP contribution < -0.4 is 0 Å². The maximum Gasteiger partial charge on any atom is 0.193 e. The Morgan fingerprint density at radius 2 is 2.11 bits per heavy atom. The standard InChI is InChI=1S/C16H23NO2/c1-10-6-5-7-15(4)11-8-14(2,3)12(9-17)13(11)16(10,18)19-15/h6,11-13,18H,5,7-8H2,1-4H3/t11-,12?,13-,15-,16+/m1/s1. The molecular formula is C16H23NO2. The summed E-state index contributed by atoms with van der Waals surface area (Å²) in [5.74, 6) is -1.19. The predicted molar refractivity (Wildman–Crippen MR) is 71.9 cm³/mol. The quantitative estimate of drug-likeness (QED) is 0.682. The Balaban J connectivity index is 2.15. The Hall–Kier alpha value is -0.850. The van der Waals surface area contributed by atoms with E-state index < -0.39 is 5.79 Å². The van der Waals surface area contributed by atoms with Crippen LogP contribution >= 0.6 is 0 Å². The van der Waals surface area contributed by atoms with Crippen LogP contribution in [0, 0.1) is 34.5 Å². The van der Waals surface area contributed by atoms with Gasteiger partial charge in [0.05, 0.1) is 17.6 Å². The predicted octanol–water partition coefficient (Wildman–Crippen LogP) is 3.01. The van der Waals surface area contributed by atoms with Crippen LogP contribution in [0.5, 0.6) is 0 Å². The molecule has 0 amide bonds. The topological polar surface area (TPSA) is 53.2 Å². The highest BCUT2D eigenvalue weighted by molar-refractivity contribution is 5.27. The van der Waals surface area contributed by atoms with E-state index in [0.29, 0.717) is 0 Å². The molecule has 0 radical (unpaired) electrons. The van der Waals surface area contributed by atoms with Crippen molar-refractivity contribution in [3.8, 4) is 6.07 Å². The monoisotopic (exact) mass is 261 g/mol. The van der Waals surface area contributed by atoms with Crippen molar-refractivity contribution in [1.82, 2.24) is 0 Å². The number of aliphatic hydroxyl groups is 1. The molecule has 1 unspecified atom stereocenters. The van der Waals surface area contributed by atoms with Crippen LogP contribution in [-0.4, -0.2) is 16.5 Å². The molecule has 1 saturated carbocycles. The van der Waals surface area contributed by atoms with Gasteiger partial charge in [0.1, 0.15) is 0 Å². The summed E-state index contributed by atoms with van der Waals surface area (Å²) in [6, 6.07) is 2.45. The molecule has 2 aliphatic heterocycles. The molecule has 0 aromatic heterocycles. The molecule has 5 atom stereocenters. The third-order valence-corrected chi connectivity index (χ3v) is 5.80. The van der Waals surface area contributed by atoms with Gasteiger partial charge in [-0.2, -0.15) is 5.26 Å². The first kappa shape index (κ1) is 13.1. The van der Waals surface area contributed by atoms with E-state index in [0.717, 1.165) is 24.8 Å². The summed E-state index contributed by atoms with van der Waals surface area (Å²) in [4.78, 5) is 0. The molecule has 3 heteroatoms. The largest absolute Gasteiger partial charge is 0.362 e. The van der Waals surface area contributed by atoms with Crippen LogP contribution in [0.15, 0.2) is 11.6 Å².